The molecule has 6 nitrogen and oxygen atoms in total. The average Bonchev–Trinajstić information content (AvgIpc) is 3.00. The zero-order valence-electron chi connectivity index (χ0n) is 16.4. The molecule has 2 aromatic rings. The molecule has 162 valence electrons. The first-order chi connectivity index (χ1) is 14.7. The van der Waals surface area contributed by atoms with E-state index in [9.17, 15) is 14.4 Å². The van der Waals surface area contributed by atoms with Gasteiger partial charge < -0.3 is 9.47 Å². The maximum atomic E-state index is 12.6. The van der Waals surface area contributed by atoms with Gasteiger partial charge in [-0.25, -0.2) is 4.79 Å². The standard InChI is InChI=1S/C21H16Cl2INO5S/c1-11(20(27)29-2)25-19(26)18(31-21(25)28)8-12-3-6-17(16(24)7-12)30-10-13-4-5-14(22)9-15(13)23/h3-9,11H,10H2,1-2H3/b18-8+/t11-/m0/s1. The topological polar surface area (TPSA) is 72.9 Å². The molecule has 10 heteroatoms. The van der Waals surface area contributed by atoms with Gasteiger partial charge in [0.15, 0.2) is 0 Å². The molecule has 0 aliphatic carbocycles. The second-order valence-electron chi connectivity index (χ2n) is 6.47. The van der Waals surface area contributed by atoms with E-state index in [0.717, 1.165) is 31.4 Å². The molecule has 2 aromatic carbocycles. The van der Waals surface area contributed by atoms with Crippen LogP contribution in [0.5, 0.6) is 5.75 Å². The third kappa shape index (κ3) is 5.54. The van der Waals surface area contributed by atoms with E-state index in [2.05, 4.69) is 27.3 Å². The quantitative estimate of drug-likeness (QED) is 0.241. The maximum Gasteiger partial charge on any atom is 0.328 e. The van der Waals surface area contributed by atoms with Crippen LogP contribution in [0.1, 0.15) is 18.1 Å². The molecule has 0 unspecified atom stereocenters. The number of halogens is 3. The highest BCUT2D eigenvalue weighted by atomic mass is 127. The van der Waals surface area contributed by atoms with Gasteiger partial charge in [0.05, 0.1) is 15.6 Å². The summed E-state index contributed by atoms with van der Waals surface area (Å²) in [6, 6.07) is 9.60. The summed E-state index contributed by atoms with van der Waals surface area (Å²) in [5.74, 6) is -0.530. The van der Waals surface area contributed by atoms with E-state index in [1.807, 2.05) is 6.07 Å². The number of hydrogen-bond acceptors (Lipinski definition) is 6. The Morgan fingerprint density at radius 2 is 1.97 bits per heavy atom. The Bertz CT molecular complexity index is 1090. The predicted octanol–water partition coefficient (Wildman–Crippen LogP) is 5.77. The first kappa shape index (κ1) is 23.9. The van der Waals surface area contributed by atoms with Crippen LogP contribution in [0.3, 0.4) is 0 Å². The number of benzene rings is 2. The molecule has 1 aliphatic rings. The van der Waals surface area contributed by atoms with Crippen molar-refractivity contribution in [2.45, 2.75) is 19.6 Å². The molecule has 31 heavy (non-hydrogen) atoms. The number of amides is 2. The molecule has 1 aliphatic heterocycles. The van der Waals surface area contributed by atoms with Crippen molar-refractivity contribution in [1.82, 2.24) is 4.90 Å². The number of carbonyl (C=O) groups is 3. The van der Waals surface area contributed by atoms with Crippen molar-refractivity contribution in [2.24, 2.45) is 0 Å². The highest BCUT2D eigenvalue weighted by Gasteiger charge is 2.41. The Morgan fingerprint density at radius 3 is 2.61 bits per heavy atom. The summed E-state index contributed by atoms with van der Waals surface area (Å²) in [5, 5.41) is 0.567. The number of ether oxygens (including phenoxy) is 2. The molecule has 0 saturated carbocycles. The Morgan fingerprint density at radius 1 is 1.23 bits per heavy atom. The lowest BCUT2D eigenvalue weighted by Gasteiger charge is -2.18. The first-order valence-corrected chi connectivity index (χ1v) is 11.6. The van der Waals surface area contributed by atoms with Gasteiger partial charge in [-0.3, -0.25) is 14.5 Å². The van der Waals surface area contributed by atoms with E-state index in [0.29, 0.717) is 15.8 Å². The highest BCUT2D eigenvalue weighted by Crippen LogP contribution is 2.34. The van der Waals surface area contributed by atoms with Crippen molar-refractivity contribution in [3.8, 4) is 5.75 Å². The Hall–Kier alpha value is -1.75. The third-order valence-corrected chi connectivity index (χ3v) is 6.72. The number of nitrogens with zero attached hydrogens (tertiary/aromatic N) is 1. The average molecular weight is 592 g/mol. The zero-order valence-corrected chi connectivity index (χ0v) is 20.8. The summed E-state index contributed by atoms with van der Waals surface area (Å²) in [6.07, 6.45) is 1.61. The van der Waals surface area contributed by atoms with Gasteiger partial charge in [0, 0.05) is 15.6 Å². The molecule has 0 aromatic heterocycles. The second kappa shape index (κ2) is 10.2. The molecular formula is C21H16Cl2INO5S. The lowest BCUT2D eigenvalue weighted by atomic mass is 10.2. The normalized spacial score (nSPS) is 16.0. The Kier molecular flexibility index (Phi) is 7.90. The maximum absolute atomic E-state index is 12.6. The summed E-state index contributed by atoms with van der Waals surface area (Å²) in [4.78, 5) is 37.7. The van der Waals surface area contributed by atoms with Crippen molar-refractivity contribution in [3.05, 3.63) is 66.0 Å². The van der Waals surface area contributed by atoms with Crippen LogP contribution in [0.25, 0.3) is 6.08 Å². The van der Waals surface area contributed by atoms with E-state index in [1.54, 1.807) is 36.4 Å². The molecule has 0 radical (unpaired) electrons. The molecule has 2 amide bonds. The number of methoxy groups -OCH3 is 1. The van der Waals surface area contributed by atoms with Gasteiger partial charge in [0.25, 0.3) is 11.1 Å². The van der Waals surface area contributed by atoms with Crippen LogP contribution >= 0.6 is 57.6 Å². The monoisotopic (exact) mass is 591 g/mol. The zero-order chi connectivity index (χ0) is 22.7. The number of carbonyl (C=O) groups excluding carboxylic acids is 3. The lowest BCUT2D eigenvalue weighted by Crippen LogP contribution is -2.42. The molecule has 0 N–H and O–H groups in total. The predicted molar refractivity (Wildman–Crippen MR) is 129 cm³/mol. The smallest absolute Gasteiger partial charge is 0.328 e. The van der Waals surface area contributed by atoms with Gasteiger partial charge in [0.2, 0.25) is 0 Å². The van der Waals surface area contributed by atoms with Crippen molar-refractivity contribution in [1.29, 1.82) is 0 Å². The largest absolute Gasteiger partial charge is 0.488 e. The van der Waals surface area contributed by atoms with Crippen molar-refractivity contribution in [3.63, 3.8) is 0 Å². The number of esters is 1. The van der Waals surface area contributed by atoms with Crippen molar-refractivity contribution < 1.29 is 23.9 Å². The fraction of sp³-hybridized carbons (Fsp3) is 0.190. The SMILES string of the molecule is COC(=O)[C@H](C)N1C(=O)S/C(=C/c2ccc(OCc3ccc(Cl)cc3Cl)c(I)c2)C1=O. The van der Waals surface area contributed by atoms with E-state index >= 15 is 0 Å². The van der Waals surface area contributed by atoms with E-state index in [-0.39, 0.29) is 11.5 Å². The molecular weight excluding hydrogens is 576 g/mol. The third-order valence-electron chi connectivity index (χ3n) is 4.41. The minimum Gasteiger partial charge on any atom is -0.488 e. The van der Waals surface area contributed by atoms with E-state index in [4.69, 9.17) is 27.9 Å². The number of hydrogen-bond donors (Lipinski definition) is 0. The van der Waals surface area contributed by atoms with Crippen LogP contribution < -0.4 is 4.74 Å². The molecule has 1 saturated heterocycles. The second-order valence-corrected chi connectivity index (χ2v) is 9.46. The van der Waals surface area contributed by atoms with Crippen molar-refractivity contribution >= 4 is 80.7 Å². The summed E-state index contributed by atoms with van der Waals surface area (Å²) >= 11 is 15.0. The van der Waals surface area contributed by atoms with Crippen LogP contribution in [0.15, 0.2) is 41.3 Å². The van der Waals surface area contributed by atoms with Crippen LogP contribution in [-0.2, 0) is 20.9 Å². The van der Waals surface area contributed by atoms with Gasteiger partial charge >= 0.3 is 5.97 Å². The lowest BCUT2D eigenvalue weighted by molar-refractivity contribution is -0.148. The van der Waals surface area contributed by atoms with Crippen LogP contribution in [-0.4, -0.2) is 35.2 Å². The molecule has 1 heterocycles. The van der Waals surface area contributed by atoms with Gasteiger partial charge in [-0.1, -0.05) is 35.3 Å². The number of rotatable bonds is 6. The van der Waals surface area contributed by atoms with Crippen LogP contribution in [0, 0.1) is 3.57 Å². The van der Waals surface area contributed by atoms with Gasteiger partial charge in [-0.05, 0) is 77.2 Å². The Labute approximate surface area is 207 Å². The van der Waals surface area contributed by atoms with E-state index in [1.165, 1.54) is 14.0 Å². The molecule has 0 spiro atoms. The Balaban J connectivity index is 1.74. The molecule has 1 atom stereocenters. The minimum atomic E-state index is -0.987. The van der Waals surface area contributed by atoms with Gasteiger partial charge in [-0.15, -0.1) is 0 Å². The summed E-state index contributed by atoms with van der Waals surface area (Å²) in [7, 11) is 1.21. The minimum absolute atomic E-state index is 0.234. The summed E-state index contributed by atoms with van der Waals surface area (Å²) in [6.45, 7) is 1.73. The van der Waals surface area contributed by atoms with Crippen LogP contribution in [0.4, 0.5) is 4.79 Å². The summed E-state index contributed by atoms with van der Waals surface area (Å²) < 4.78 is 11.3. The molecule has 1 fully saturated rings. The molecule has 3 rings (SSSR count). The highest BCUT2D eigenvalue weighted by molar-refractivity contribution is 14.1. The van der Waals surface area contributed by atoms with Gasteiger partial charge in [0.1, 0.15) is 18.4 Å². The first-order valence-electron chi connectivity index (χ1n) is 8.92. The molecule has 0 bridgehead atoms. The number of thioether (sulfide) groups is 1. The fourth-order valence-electron chi connectivity index (χ4n) is 2.76. The van der Waals surface area contributed by atoms with Gasteiger partial charge in [-0.2, -0.15) is 0 Å². The van der Waals surface area contributed by atoms with Crippen molar-refractivity contribution in [2.75, 3.05) is 7.11 Å². The van der Waals surface area contributed by atoms with E-state index < -0.39 is 23.2 Å². The fourth-order valence-corrected chi connectivity index (χ4v) is 4.83. The summed E-state index contributed by atoms with van der Waals surface area (Å²) in [5.41, 5.74) is 1.52. The number of imide groups is 1. The van der Waals surface area contributed by atoms with Crippen LogP contribution in [0.2, 0.25) is 10.0 Å².